The van der Waals surface area contributed by atoms with Gasteiger partial charge in [0.25, 0.3) is 0 Å². The smallest absolute Gasteiger partial charge is 0.243 e. The van der Waals surface area contributed by atoms with E-state index < -0.39 is 10.0 Å². The summed E-state index contributed by atoms with van der Waals surface area (Å²) in [5.74, 6) is 0. The minimum atomic E-state index is -3.39. The van der Waals surface area contributed by atoms with Crippen molar-refractivity contribution in [3.05, 3.63) is 29.8 Å². The Morgan fingerprint density at radius 1 is 1.30 bits per heavy atom. The molecule has 1 unspecified atom stereocenters. The summed E-state index contributed by atoms with van der Waals surface area (Å²) in [6.45, 7) is 1.80. The Hall–Kier alpha value is -0.950. The van der Waals surface area contributed by atoms with Gasteiger partial charge in [-0.2, -0.15) is 4.31 Å². The third-order valence-corrected chi connectivity index (χ3v) is 5.63. The zero-order chi connectivity index (χ0) is 14.8. The molecule has 1 atom stereocenters. The van der Waals surface area contributed by atoms with E-state index in [-0.39, 0.29) is 6.04 Å². The lowest BCUT2D eigenvalue weighted by molar-refractivity contribution is 0.291. The van der Waals surface area contributed by atoms with Gasteiger partial charge < -0.3 is 10.6 Å². The van der Waals surface area contributed by atoms with Crippen molar-refractivity contribution in [1.29, 1.82) is 0 Å². The van der Waals surface area contributed by atoms with Crippen molar-refractivity contribution >= 4 is 10.0 Å². The van der Waals surface area contributed by atoms with Gasteiger partial charge in [0.2, 0.25) is 10.0 Å². The molecule has 112 valence electrons. The highest BCUT2D eigenvalue weighted by atomic mass is 32.2. The molecule has 1 aliphatic heterocycles. The lowest BCUT2D eigenvalue weighted by Crippen LogP contribution is -2.41. The first kappa shape index (κ1) is 15.4. The topological polar surface area (TPSA) is 66.6 Å². The van der Waals surface area contributed by atoms with Crippen LogP contribution in [-0.2, 0) is 16.6 Å². The number of hydrogen-bond acceptors (Lipinski definition) is 4. The Morgan fingerprint density at radius 2 is 1.95 bits per heavy atom. The SMILES string of the molecule is CN(C)CC1CCCN1S(=O)(=O)c1ccc(CN)cc1. The fraction of sp³-hybridized carbons (Fsp3) is 0.571. The van der Waals surface area contributed by atoms with E-state index in [9.17, 15) is 8.42 Å². The van der Waals surface area contributed by atoms with Crippen LogP contribution in [0.4, 0.5) is 0 Å². The molecular weight excluding hydrogens is 274 g/mol. The second-order valence-electron chi connectivity index (χ2n) is 5.52. The maximum absolute atomic E-state index is 12.7. The lowest BCUT2D eigenvalue weighted by atomic mass is 10.2. The summed E-state index contributed by atoms with van der Waals surface area (Å²) in [4.78, 5) is 2.40. The predicted molar refractivity (Wildman–Crippen MR) is 79.8 cm³/mol. The van der Waals surface area contributed by atoms with Crippen LogP contribution in [0.3, 0.4) is 0 Å². The van der Waals surface area contributed by atoms with Gasteiger partial charge in [0.1, 0.15) is 0 Å². The molecule has 0 aromatic heterocycles. The Balaban J connectivity index is 2.24. The number of nitrogens with two attached hydrogens (primary N) is 1. The maximum Gasteiger partial charge on any atom is 0.243 e. The predicted octanol–water partition coefficient (Wildman–Crippen LogP) is 0.860. The van der Waals surface area contributed by atoms with Crippen LogP contribution in [0.15, 0.2) is 29.2 Å². The molecule has 6 heteroatoms. The minimum absolute atomic E-state index is 0.0733. The highest BCUT2D eigenvalue weighted by Crippen LogP contribution is 2.26. The van der Waals surface area contributed by atoms with E-state index in [1.165, 1.54) is 0 Å². The van der Waals surface area contributed by atoms with Crippen LogP contribution in [0.25, 0.3) is 0 Å². The van der Waals surface area contributed by atoms with Crippen LogP contribution in [0, 0.1) is 0 Å². The standard InChI is InChI=1S/C14H23N3O2S/c1-16(2)11-13-4-3-9-17(13)20(18,19)14-7-5-12(10-15)6-8-14/h5-8,13H,3-4,9-11,15H2,1-2H3. The zero-order valence-electron chi connectivity index (χ0n) is 12.1. The van der Waals surface area contributed by atoms with Crippen molar-refractivity contribution in [3.8, 4) is 0 Å². The molecule has 5 nitrogen and oxygen atoms in total. The number of benzene rings is 1. The molecule has 2 rings (SSSR count). The number of likely N-dealkylation sites (N-methyl/N-ethyl adjacent to an activating group) is 1. The second-order valence-corrected chi connectivity index (χ2v) is 7.41. The van der Waals surface area contributed by atoms with E-state index in [0.29, 0.717) is 18.0 Å². The van der Waals surface area contributed by atoms with Gasteiger partial charge in [-0.1, -0.05) is 12.1 Å². The molecule has 1 heterocycles. The molecule has 0 amide bonds. The Bertz CT molecular complexity index is 540. The summed E-state index contributed by atoms with van der Waals surface area (Å²) in [6, 6.07) is 6.95. The van der Waals surface area contributed by atoms with E-state index in [0.717, 1.165) is 24.9 Å². The maximum atomic E-state index is 12.7. The molecule has 0 bridgehead atoms. The first-order valence-corrected chi connectivity index (χ1v) is 8.34. The van der Waals surface area contributed by atoms with Gasteiger partial charge >= 0.3 is 0 Å². The van der Waals surface area contributed by atoms with Gasteiger partial charge in [0, 0.05) is 25.7 Å². The molecule has 20 heavy (non-hydrogen) atoms. The monoisotopic (exact) mass is 297 g/mol. The van der Waals surface area contributed by atoms with Gasteiger partial charge in [-0.15, -0.1) is 0 Å². The molecule has 1 saturated heterocycles. The average molecular weight is 297 g/mol. The second kappa shape index (κ2) is 6.22. The summed E-state index contributed by atoms with van der Waals surface area (Å²) in [7, 11) is 0.550. The van der Waals surface area contributed by atoms with Gasteiger partial charge in [0.05, 0.1) is 4.90 Å². The molecule has 0 radical (unpaired) electrons. The fourth-order valence-electron chi connectivity index (χ4n) is 2.66. The third-order valence-electron chi connectivity index (χ3n) is 3.66. The molecular formula is C14H23N3O2S. The normalized spacial score (nSPS) is 20.7. The van der Waals surface area contributed by atoms with Crippen molar-refractivity contribution in [2.75, 3.05) is 27.2 Å². The van der Waals surface area contributed by atoms with Gasteiger partial charge in [0.15, 0.2) is 0 Å². The molecule has 0 spiro atoms. The molecule has 1 fully saturated rings. The molecule has 1 aliphatic rings. The van der Waals surface area contributed by atoms with Gasteiger partial charge in [-0.3, -0.25) is 0 Å². The third kappa shape index (κ3) is 3.20. The number of sulfonamides is 1. The molecule has 0 aliphatic carbocycles. The van der Waals surface area contributed by atoms with Crippen molar-refractivity contribution in [2.45, 2.75) is 30.3 Å². The number of hydrogen-bond donors (Lipinski definition) is 1. The van der Waals surface area contributed by atoms with E-state index in [4.69, 9.17) is 5.73 Å². The van der Waals surface area contributed by atoms with E-state index in [1.54, 1.807) is 28.6 Å². The van der Waals surface area contributed by atoms with Gasteiger partial charge in [-0.05, 0) is 44.6 Å². The summed E-state index contributed by atoms with van der Waals surface area (Å²) in [6.07, 6.45) is 1.86. The van der Waals surface area contributed by atoms with Crippen molar-refractivity contribution in [3.63, 3.8) is 0 Å². The van der Waals surface area contributed by atoms with Gasteiger partial charge in [-0.25, -0.2) is 8.42 Å². The zero-order valence-corrected chi connectivity index (χ0v) is 12.9. The highest BCUT2D eigenvalue weighted by molar-refractivity contribution is 7.89. The Kier molecular flexibility index (Phi) is 4.80. The largest absolute Gasteiger partial charge is 0.326 e. The van der Waals surface area contributed by atoms with Crippen molar-refractivity contribution in [1.82, 2.24) is 9.21 Å². The summed E-state index contributed by atoms with van der Waals surface area (Å²) in [5, 5.41) is 0. The first-order chi connectivity index (χ1) is 9.45. The summed E-state index contributed by atoms with van der Waals surface area (Å²) in [5.41, 5.74) is 6.48. The van der Waals surface area contributed by atoms with E-state index in [2.05, 4.69) is 0 Å². The van der Waals surface area contributed by atoms with Crippen LogP contribution in [-0.4, -0.2) is 50.8 Å². The van der Waals surface area contributed by atoms with Crippen molar-refractivity contribution in [2.24, 2.45) is 5.73 Å². The first-order valence-electron chi connectivity index (χ1n) is 6.90. The highest BCUT2D eigenvalue weighted by Gasteiger charge is 2.35. The van der Waals surface area contributed by atoms with Crippen LogP contribution < -0.4 is 5.73 Å². The number of nitrogens with zero attached hydrogens (tertiary/aromatic N) is 2. The van der Waals surface area contributed by atoms with Crippen LogP contribution in [0.2, 0.25) is 0 Å². The van der Waals surface area contributed by atoms with Crippen LogP contribution >= 0.6 is 0 Å². The molecule has 2 N–H and O–H groups in total. The Morgan fingerprint density at radius 3 is 2.50 bits per heavy atom. The van der Waals surface area contributed by atoms with Crippen LogP contribution in [0.1, 0.15) is 18.4 Å². The Labute approximate surface area is 121 Å². The minimum Gasteiger partial charge on any atom is -0.326 e. The van der Waals surface area contributed by atoms with E-state index in [1.807, 2.05) is 19.0 Å². The summed E-state index contributed by atoms with van der Waals surface area (Å²) >= 11 is 0. The molecule has 1 aromatic rings. The van der Waals surface area contributed by atoms with Crippen molar-refractivity contribution < 1.29 is 8.42 Å². The average Bonchev–Trinajstić information content (AvgIpc) is 2.87. The van der Waals surface area contributed by atoms with Crippen LogP contribution in [0.5, 0.6) is 0 Å². The quantitative estimate of drug-likeness (QED) is 0.875. The lowest BCUT2D eigenvalue weighted by Gasteiger charge is -2.26. The molecule has 1 aromatic carbocycles. The van der Waals surface area contributed by atoms with E-state index >= 15 is 0 Å². The fourth-order valence-corrected chi connectivity index (χ4v) is 4.35. The molecule has 0 saturated carbocycles. The number of rotatable bonds is 5. The summed E-state index contributed by atoms with van der Waals surface area (Å²) < 4.78 is 27.0.